The van der Waals surface area contributed by atoms with E-state index in [4.69, 9.17) is 15.4 Å². The van der Waals surface area contributed by atoms with E-state index in [1.807, 2.05) is 0 Å². The second-order valence-corrected chi connectivity index (χ2v) is 5.79. The second-order valence-electron chi connectivity index (χ2n) is 3.22. The van der Waals surface area contributed by atoms with Crippen molar-refractivity contribution >= 4 is 19.7 Å². The second kappa shape index (κ2) is 4.34. The summed E-state index contributed by atoms with van der Waals surface area (Å²) in [4.78, 5) is 3.76. The molecule has 0 aliphatic rings. The third-order valence-electron chi connectivity index (χ3n) is 1.89. The first-order valence-corrected chi connectivity index (χ1v) is 6.83. The Kier molecular flexibility index (Phi) is 3.03. The fraction of sp³-hybridized carbons (Fsp3) is 0.111. The monoisotopic (exact) mass is 273 g/mol. The van der Waals surface area contributed by atoms with E-state index >= 15 is 0 Å². The maximum atomic E-state index is 11.0. The molecule has 0 atom stereocenters. The van der Waals surface area contributed by atoms with E-state index in [0.29, 0.717) is 5.75 Å². The molecule has 0 saturated carbocycles. The van der Waals surface area contributed by atoms with Gasteiger partial charge in [0.05, 0.1) is 18.6 Å². The van der Waals surface area contributed by atoms with Gasteiger partial charge in [0, 0.05) is 23.8 Å². The molecule has 0 spiro atoms. The Morgan fingerprint density at radius 3 is 2.59 bits per heavy atom. The molecular weight excluding hydrogens is 266 g/mol. The Balaban J connectivity index is 2.19. The number of aryl methyl sites for hydroxylation is 1. The molecule has 6 nitrogen and oxygen atoms in total. The van der Waals surface area contributed by atoms with Gasteiger partial charge >= 0.3 is 0 Å². The minimum Gasteiger partial charge on any atom is -0.436 e. The molecule has 0 radical (unpaired) electrons. The molecule has 0 amide bonds. The minimum atomic E-state index is -3.75. The van der Waals surface area contributed by atoms with Crippen LogP contribution in [0.4, 0.5) is 0 Å². The van der Waals surface area contributed by atoms with Crippen LogP contribution in [0.1, 0.15) is 0 Å². The lowest BCUT2D eigenvalue weighted by Gasteiger charge is -2.01. The Bertz CT molecular complexity index is 621. The van der Waals surface area contributed by atoms with Crippen LogP contribution >= 0.6 is 10.7 Å². The summed E-state index contributed by atoms with van der Waals surface area (Å²) in [5.41, 5.74) is 0. The average molecular weight is 274 g/mol. The first-order valence-electron chi connectivity index (χ1n) is 4.52. The molecule has 0 saturated heterocycles. The van der Waals surface area contributed by atoms with Crippen LogP contribution in [-0.4, -0.2) is 23.2 Å². The number of nitrogens with zero attached hydrogens (tertiary/aromatic N) is 3. The Labute approximate surface area is 102 Å². The van der Waals surface area contributed by atoms with E-state index in [-0.39, 0.29) is 10.8 Å². The van der Waals surface area contributed by atoms with Crippen LogP contribution in [0, 0.1) is 0 Å². The summed E-state index contributed by atoms with van der Waals surface area (Å²) in [6.45, 7) is 0. The van der Waals surface area contributed by atoms with Gasteiger partial charge in [-0.15, -0.1) is 0 Å². The van der Waals surface area contributed by atoms with Gasteiger partial charge in [0.15, 0.2) is 5.75 Å². The standard InChI is InChI=1S/C9H8ClN3O3S/c1-13-6-7(4-12-13)16-9-3-2-8(5-11-9)17(10,14)15/h2-6H,1H3. The predicted octanol–water partition coefficient (Wildman–Crippen LogP) is 1.53. The van der Waals surface area contributed by atoms with Crippen molar-refractivity contribution in [3.05, 3.63) is 30.7 Å². The van der Waals surface area contributed by atoms with Crippen molar-refractivity contribution in [1.82, 2.24) is 14.8 Å². The lowest BCUT2D eigenvalue weighted by atomic mass is 10.5. The SMILES string of the molecule is Cn1cc(Oc2ccc(S(=O)(=O)Cl)cn2)cn1. The minimum absolute atomic E-state index is 0.0716. The zero-order valence-electron chi connectivity index (χ0n) is 8.74. The van der Waals surface area contributed by atoms with Crippen molar-refractivity contribution < 1.29 is 13.2 Å². The number of halogens is 1. The van der Waals surface area contributed by atoms with Gasteiger partial charge in [-0.25, -0.2) is 13.4 Å². The normalized spacial score (nSPS) is 11.4. The maximum Gasteiger partial charge on any atom is 0.262 e. The van der Waals surface area contributed by atoms with Crippen molar-refractivity contribution in [2.75, 3.05) is 0 Å². The summed E-state index contributed by atoms with van der Waals surface area (Å²) < 4.78 is 28.9. The number of hydrogen-bond acceptors (Lipinski definition) is 5. The molecule has 17 heavy (non-hydrogen) atoms. The van der Waals surface area contributed by atoms with Crippen molar-refractivity contribution in [2.45, 2.75) is 4.90 Å². The lowest BCUT2D eigenvalue weighted by Crippen LogP contribution is -1.93. The summed E-state index contributed by atoms with van der Waals surface area (Å²) in [6.07, 6.45) is 4.32. The van der Waals surface area contributed by atoms with Gasteiger partial charge in [-0.05, 0) is 6.07 Å². The van der Waals surface area contributed by atoms with Crippen LogP contribution in [-0.2, 0) is 16.1 Å². The van der Waals surface area contributed by atoms with Gasteiger partial charge in [-0.2, -0.15) is 5.10 Å². The highest BCUT2D eigenvalue weighted by Gasteiger charge is 2.10. The fourth-order valence-corrected chi connectivity index (χ4v) is 1.83. The average Bonchev–Trinajstić information content (AvgIpc) is 2.63. The lowest BCUT2D eigenvalue weighted by molar-refractivity contribution is 0.461. The van der Waals surface area contributed by atoms with Gasteiger partial charge in [-0.1, -0.05) is 0 Å². The van der Waals surface area contributed by atoms with Gasteiger partial charge in [0.1, 0.15) is 4.90 Å². The van der Waals surface area contributed by atoms with Crippen LogP contribution in [0.15, 0.2) is 35.6 Å². The molecule has 0 unspecified atom stereocenters. The molecule has 0 aliphatic carbocycles. The van der Waals surface area contributed by atoms with Crippen LogP contribution < -0.4 is 4.74 Å². The van der Waals surface area contributed by atoms with Crippen molar-refractivity contribution in [1.29, 1.82) is 0 Å². The van der Waals surface area contributed by atoms with E-state index in [2.05, 4.69) is 10.1 Å². The van der Waals surface area contributed by atoms with E-state index in [1.165, 1.54) is 18.3 Å². The smallest absolute Gasteiger partial charge is 0.262 e. The maximum absolute atomic E-state index is 11.0. The van der Waals surface area contributed by atoms with Crippen LogP contribution in [0.25, 0.3) is 0 Å². The molecule has 0 aliphatic heterocycles. The molecule has 0 fully saturated rings. The van der Waals surface area contributed by atoms with Gasteiger partial charge < -0.3 is 4.74 Å². The molecule has 0 aromatic carbocycles. The molecule has 0 N–H and O–H groups in total. The van der Waals surface area contributed by atoms with Gasteiger partial charge in [0.25, 0.3) is 9.05 Å². The summed E-state index contributed by atoms with van der Waals surface area (Å²) in [5, 5.41) is 3.92. The first kappa shape index (κ1) is 11.9. The fourth-order valence-electron chi connectivity index (χ4n) is 1.14. The summed E-state index contributed by atoms with van der Waals surface area (Å²) >= 11 is 0. The zero-order valence-corrected chi connectivity index (χ0v) is 10.3. The van der Waals surface area contributed by atoms with Crippen molar-refractivity contribution in [2.24, 2.45) is 7.05 Å². The number of rotatable bonds is 3. The van der Waals surface area contributed by atoms with Crippen molar-refractivity contribution in [3.63, 3.8) is 0 Å². The Hall–Kier alpha value is -1.60. The number of hydrogen-bond donors (Lipinski definition) is 0. The quantitative estimate of drug-likeness (QED) is 0.793. The third-order valence-corrected chi connectivity index (χ3v) is 3.23. The summed E-state index contributed by atoms with van der Waals surface area (Å²) in [7, 11) is 3.16. The van der Waals surface area contributed by atoms with E-state index < -0.39 is 9.05 Å². The van der Waals surface area contributed by atoms with E-state index in [1.54, 1.807) is 17.9 Å². The molecule has 2 aromatic heterocycles. The highest BCUT2D eigenvalue weighted by molar-refractivity contribution is 8.13. The Morgan fingerprint density at radius 2 is 2.12 bits per heavy atom. The highest BCUT2D eigenvalue weighted by Crippen LogP contribution is 2.20. The predicted molar refractivity (Wildman–Crippen MR) is 60.6 cm³/mol. The molecule has 2 rings (SSSR count). The van der Waals surface area contributed by atoms with E-state index in [9.17, 15) is 8.42 Å². The zero-order chi connectivity index (χ0) is 12.5. The Morgan fingerprint density at radius 1 is 1.35 bits per heavy atom. The summed E-state index contributed by atoms with van der Waals surface area (Å²) in [6, 6.07) is 2.74. The van der Waals surface area contributed by atoms with Crippen molar-refractivity contribution in [3.8, 4) is 11.6 Å². The molecule has 2 heterocycles. The third kappa shape index (κ3) is 2.95. The highest BCUT2D eigenvalue weighted by atomic mass is 35.7. The topological polar surface area (TPSA) is 74.1 Å². The molecule has 8 heteroatoms. The molecule has 2 aromatic rings. The number of pyridine rings is 1. The molecule has 90 valence electrons. The molecule has 0 bridgehead atoms. The van der Waals surface area contributed by atoms with E-state index in [0.717, 1.165) is 6.20 Å². The largest absolute Gasteiger partial charge is 0.436 e. The number of aromatic nitrogens is 3. The van der Waals surface area contributed by atoms with Gasteiger partial charge in [0.2, 0.25) is 5.88 Å². The van der Waals surface area contributed by atoms with Crippen LogP contribution in [0.5, 0.6) is 11.6 Å². The van der Waals surface area contributed by atoms with Gasteiger partial charge in [-0.3, -0.25) is 4.68 Å². The first-order chi connectivity index (χ1) is 7.95. The summed E-state index contributed by atoms with van der Waals surface area (Å²) in [5.74, 6) is 0.781. The van der Waals surface area contributed by atoms with Crippen LogP contribution in [0.3, 0.4) is 0 Å². The van der Waals surface area contributed by atoms with Crippen LogP contribution in [0.2, 0.25) is 0 Å². The number of ether oxygens (including phenoxy) is 1. The molecular formula is C9H8ClN3O3S.